The topological polar surface area (TPSA) is 59.2 Å². The minimum absolute atomic E-state index is 0. The van der Waals surface area contributed by atoms with Gasteiger partial charge in [-0.15, -0.1) is 24.8 Å². The van der Waals surface area contributed by atoms with Crippen LogP contribution in [0.5, 0.6) is 0 Å². The van der Waals surface area contributed by atoms with Crippen molar-refractivity contribution in [3.8, 4) is 0 Å². The fourth-order valence-corrected chi connectivity index (χ4v) is 1.84. The van der Waals surface area contributed by atoms with E-state index in [1.165, 1.54) is 4.90 Å². The first kappa shape index (κ1) is 18.9. The van der Waals surface area contributed by atoms with Crippen LogP contribution in [0.15, 0.2) is 18.3 Å². The number of nitrogens with two attached hydrogens (primary N) is 1. The molecule has 0 aliphatic carbocycles. The zero-order valence-electron chi connectivity index (χ0n) is 10.3. The van der Waals surface area contributed by atoms with E-state index < -0.39 is 11.9 Å². The van der Waals surface area contributed by atoms with Crippen molar-refractivity contribution in [1.29, 1.82) is 0 Å². The maximum absolute atomic E-state index is 12.3. The number of rotatable bonds is 1. The minimum Gasteiger partial charge on any atom is -0.337 e. The molecule has 1 atom stereocenters. The number of hydrogen-bond donors (Lipinski definition) is 1. The van der Waals surface area contributed by atoms with Crippen LogP contribution >= 0.6 is 24.8 Å². The third-order valence-corrected chi connectivity index (χ3v) is 2.81. The van der Waals surface area contributed by atoms with Gasteiger partial charge < -0.3 is 10.6 Å². The third kappa shape index (κ3) is 4.22. The van der Waals surface area contributed by atoms with Gasteiger partial charge in [-0.05, 0) is 18.6 Å². The van der Waals surface area contributed by atoms with E-state index in [4.69, 9.17) is 5.73 Å². The van der Waals surface area contributed by atoms with Gasteiger partial charge in [0.15, 0.2) is 0 Å². The Morgan fingerprint density at radius 1 is 1.35 bits per heavy atom. The summed E-state index contributed by atoms with van der Waals surface area (Å²) in [7, 11) is 0. The molecular weight excluding hydrogens is 318 g/mol. The molecule has 0 saturated carbocycles. The fourth-order valence-electron chi connectivity index (χ4n) is 1.84. The molecule has 1 aliphatic rings. The van der Waals surface area contributed by atoms with Gasteiger partial charge in [-0.1, -0.05) is 0 Å². The maximum Gasteiger partial charge on any atom is 0.433 e. The van der Waals surface area contributed by atoms with Crippen molar-refractivity contribution in [2.45, 2.75) is 18.6 Å². The van der Waals surface area contributed by atoms with Gasteiger partial charge in [-0.3, -0.25) is 9.78 Å². The van der Waals surface area contributed by atoms with E-state index in [1.54, 1.807) is 0 Å². The summed E-state index contributed by atoms with van der Waals surface area (Å²) in [6, 6.07) is 1.89. The predicted octanol–water partition coefficient (Wildman–Crippen LogP) is 2.12. The molecule has 0 bridgehead atoms. The average molecular weight is 332 g/mol. The molecule has 0 spiro atoms. The zero-order valence-corrected chi connectivity index (χ0v) is 11.9. The second-order valence-electron chi connectivity index (χ2n) is 4.23. The fraction of sp³-hybridized carbons (Fsp3) is 0.455. The van der Waals surface area contributed by atoms with E-state index >= 15 is 0 Å². The molecular formula is C11H14Cl2F3N3O. The van der Waals surface area contributed by atoms with E-state index in [9.17, 15) is 18.0 Å². The summed E-state index contributed by atoms with van der Waals surface area (Å²) in [6.45, 7) is 0.959. The highest BCUT2D eigenvalue weighted by molar-refractivity contribution is 5.94. The monoisotopic (exact) mass is 331 g/mol. The number of amides is 1. The highest BCUT2D eigenvalue weighted by atomic mass is 35.5. The SMILES string of the molecule is Cl.Cl.NC1CCN(C(=O)c2ccc(C(F)(F)F)nc2)C1. The van der Waals surface area contributed by atoms with Crippen LogP contribution in [0.3, 0.4) is 0 Å². The average Bonchev–Trinajstić information content (AvgIpc) is 2.74. The van der Waals surface area contributed by atoms with E-state index in [0.717, 1.165) is 18.3 Å². The Labute approximate surface area is 126 Å². The molecule has 1 aromatic rings. The molecule has 1 unspecified atom stereocenters. The molecule has 2 N–H and O–H groups in total. The van der Waals surface area contributed by atoms with Gasteiger partial charge in [0.05, 0.1) is 5.56 Å². The number of halogens is 5. The van der Waals surface area contributed by atoms with Gasteiger partial charge in [0.2, 0.25) is 0 Å². The number of carbonyl (C=O) groups excluding carboxylic acids is 1. The lowest BCUT2D eigenvalue weighted by Gasteiger charge is -2.15. The molecule has 1 fully saturated rings. The Morgan fingerprint density at radius 3 is 2.40 bits per heavy atom. The van der Waals surface area contributed by atoms with Gasteiger partial charge in [-0.25, -0.2) is 0 Å². The van der Waals surface area contributed by atoms with Crippen molar-refractivity contribution in [3.63, 3.8) is 0 Å². The second-order valence-corrected chi connectivity index (χ2v) is 4.23. The number of carbonyl (C=O) groups is 1. The van der Waals surface area contributed by atoms with Crippen molar-refractivity contribution in [2.24, 2.45) is 5.73 Å². The van der Waals surface area contributed by atoms with Crippen molar-refractivity contribution in [3.05, 3.63) is 29.6 Å². The quantitative estimate of drug-likeness (QED) is 0.857. The van der Waals surface area contributed by atoms with Crippen molar-refractivity contribution in [1.82, 2.24) is 9.88 Å². The largest absolute Gasteiger partial charge is 0.433 e. The number of aromatic nitrogens is 1. The highest BCUT2D eigenvalue weighted by Crippen LogP contribution is 2.27. The van der Waals surface area contributed by atoms with Crippen LogP contribution in [-0.4, -0.2) is 34.9 Å². The molecule has 2 heterocycles. The van der Waals surface area contributed by atoms with Crippen molar-refractivity contribution >= 4 is 30.7 Å². The zero-order chi connectivity index (χ0) is 13.3. The van der Waals surface area contributed by atoms with Crippen LogP contribution in [-0.2, 0) is 6.18 Å². The Hall–Kier alpha value is -1.05. The van der Waals surface area contributed by atoms with Crippen molar-refractivity contribution < 1.29 is 18.0 Å². The molecule has 1 amide bonds. The molecule has 0 aromatic carbocycles. The summed E-state index contributed by atoms with van der Waals surface area (Å²) in [5, 5.41) is 0. The number of pyridine rings is 1. The lowest BCUT2D eigenvalue weighted by Crippen LogP contribution is -2.32. The molecule has 20 heavy (non-hydrogen) atoms. The molecule has 2 rings (SSSR count). The smallest absolute Gasteiger partial charge is 0.337 e. The summed E-state index contributed by atoms with van der Waals surface area (Å²) in [5.74, 6) is -0.329. The molecule has 0 radical (unpaired) electrons. The van der Waals surface area contributed by atoms with Gasteiger partial charge >= 0.3 is 6.18 Å². The minimum atomic E-state index is -4.49. The second kappa shape index (κ2) is 7.10. The Kier molecular flexibility index (Phi) is 6.73. The van der Waals surface area contributed by atoms with E-state index in [1.807, 2.05) is 0 Å². The molecule has 1 saturated heterocycles. The summed E-state index contributed by atoms with van der Waals surface area (Å²) in [6.07, 6.45) is -2.83. The van der Waals surface area contributed by atoms with E-state index in [-0.39, 0.29) is 42.3 Å². The summed E-state index contributed by atoms with van der Waals surface area (Å²) >= 11 is 0. The van der Waals surface area contributed by atoms with E-state index in [0.29, 0.717) is 19.5 Å². The Balaban J connectivity index is 0.00000180. The normalized spacial score (nSPS) is 18.2. The molecule has 9 heteroatoms. The molecule has 114 valence electrons. The molecule has 4 nitrogen and oxygen atoms in total. The van der Waals surface area contributed by atoms with E-state index in [2.05, 4.69) is 4.98 Å². The first-order chi connectivity index (χ1) is 8.38. The summed E-state index contributed by atoms with van der Waals surface area (Å²) in [4.78, 5) is 16.7. The third-order valence-electron chi connectivity index (χ3n) is 2.81. The standard InChI is InChI=1S/C11H12F3N3O.2ClH/c12-11(13,14)9-2-1-7(5-16-9)10(18)17-4-3-8(15)6-17;;/h1-2,5,8H,3-4,6,15H2;2*1H. The van der Waals surface area contributed by atoms with Gasteiger partial charge in [-0.2, -0.15) is 13.2 Å². The number of alkyl halides is 3. The number of nitrogens with zero attached hydrogens (tertiary/aromatic N) is 2. The van der Waals surface area contributed by atoms with Crippen LogP contribution in [0.25, 0.3) is 0 Å². The van der Waals surface area contributed by atoms with Crippen LogP contribution in [0.4, 0.5) is 13.2 Å². The Bertz CT molecular complexity index is 453. The van der Waals surface area contributed by atoms with Gasteiger partial charge in [0.25, 0.3) is 5.91 Å². The lowest BCUT2D eigenvalue weighted by molar-refractivity contribution is -0.141. The number of likely N-dealkylation sites (tertiary alicyclic amines) is 1. The van der Waals surface area contributed by atoms with Gasteiger partial charge in [0.1, 0.15) is 5.69 Å². The maximum atomic E-state index is 12.3. The van der Waals surface area contributed by atoms with Crippen LogP contribution in [0.1, 0.15) is 22.5 Å². The van der Waals surface area contributed by atoms with Crippen molar-refractivity contribution in [2.75, 3.05) is 13.1 Å². The number of hydrogen-bond acceptors (Lipinski definition) is 3. The van der Waals surface area contributed by atoms with Gasteiger partial charge in [0, 0.05) is 25.3 Å². The highest BCUT2D eigenvalue weighted by Gasteiger charge is 2.32. The van der Waals surface area contributed by atoms with Crippen LogP contribution in [0.2, 0.25) is 0 Å². The van der Waals surface area contributed by atoms with Crippen LogP contribution < -0.4 is 5.73 Å². The summed E-state index contributed by atoms with van der Waals surface area (Å²) < 4.78 is 36.9. The molecule has 1 aromatic heterocycles. The summed E-state index contributed by atoms with van der Waals surface area (Å²) in [5.41, 5.74) is 4.81. The Morgan fingerprint density at radius 2 is 2.00 bits per heavy atom. The first-order valence-corrected chi connectivity index (χ1v) is 5.46. The first-order valence-electron chi connectivity index (χ1n) is 5.46. The molecule has 1 aliphatic heterocycles. The lowest BCUT2D eigenvalue weighted by atomic mass is 10.2. The van der Waals surface area contributed by atoms with Crippen LogP contribution in [0, 0.1) is 0 Å². The predicted molar refractivity (Wildman–Crippen MR) is 72.2 cm³/mol.